The van der Waals surface area contributed by atoms with Gasteiger partial charge in [0.1, 0.15) is 0 Å². The van der Waals surface area contributed by atoms with Gasteiger partial charge in [-0.15, -0.1) is 22.7 Å². The van der Waals surface area contributed by atoms with Crippen molar-refractivity contribution in [2.45, 2.75) is 53.1 Å². The molecule has 0 aliphatic heterocycles. The van der Waals surface area contributed by atoms with Crippen molar-refractivity contribution in [3.05, 3.63) is 37.5 Å². The second kappa shape index (κ2) is 6.16. The molecule has 0 aliphatic rings. The van der Waals surface area contributed by atoms with Gasteiger partial charge in [0.15, 0.2) is 0 Å². The second-order valence-electron chi connectivity index (χ2n) is 5.18. The summed E-state index contributed by atoms with van der Waals surface area (Å²) in [5.41, 5.74) is 1.21. The third kappa shape index (κ3) is 3.88. The van der Waals surface area contributed by atoms with Crippen molar-refractivity contribution in [1.82, 2.24) is 10.3 Å². The van der Waals surface area contributed by atoms with E-state index in [0.29, 0.717) is 12.1 Å². The first-order valence-electron chi connectivity index (χ1n) is 6.71. The van der Waals surface area contributed by atoms with Crippen molar-refractivity contribution < 1.29 is 0 Å². The summed E-state index contributed by atoms with van der Waals surface area (Å²) >= 11 is 3.68. The Morgan fingerprint density at radius 2 is 1.89 bits per heavy atom. The number of aryl methyl sites for hydroxylation is 3. The molecule has 0 fully saturated rings. The molecule has 2 nitrogen and oxygen atoms in total. The lowest BCUT2D eigenvalue weighted by atomic mass is 10.1. The lowest BCUT2D eigenvalue weighted by molar-refractivity contribution is 0.471. The molecule has 0 amide bonds. The average molecular weight is 294 g/mol. The van der Waals surface area contributed by atoms with Gasteiger partial charge in [-0.05, 0) is 53.2 Å². The summed E-state index contributed by atoms with van der Waals surface area (Å²) < 4.78 is 0. The maximum Gasteiger partial charge on any atom is 0.0900 e. The Labute approximate surface area is 123 Å². The van der Waals surface area contributed by atoms with Gasteiger partial charge in [0, 0.05) is 26.7 Å². The predicted octanol–water partition coefficient (Wildman–Crippen LogP) is 4.41. The summed E-state index contributed by atoms with van der Waals surface area (Å²) in [7, 11) is 0. The molecule has 0 radical (unpaired) electrons. The van der Waals surface area contributed by atoms with Crippen molar-refractivity contribution in [2.24, 2.45) is 0 Å². The van der Waals surface area contributed by atoms with Crippen LogP contribution in [0.25, 0.3) is 0 Å². The molecule has 4 heteroatoms. The molecular formula is C15H22N2S2. The van der Waals surface area contributed by atoms with Gasteiger partial charge in [0.05, 0.1) is 10.7 Å². The van der Waals surface area contributed by atoms with Crippen LogP contribution in [0, 0.1) is 20.8 Å². The van der Waals surface area contributed by atoms with Crippen LogP contribution in [0.5, 0.6) is 0 Å². The molecule has 2 unspecified atom stereocenters. The fraction of sp³-hybridized carbons (Fsp3) is 0.533. The first-order chi connectivity index (χ1) is 8.95. The minimum absolute atomic E-state index is 0.320. The number of hydrogen-bond acceptors (Lipinski definition) is 4. The van der Waals surface area contributed by atoms with E-state index >= 15 is 0 Å². The third-order valence-electron chi connectivity index (χ3n) is 3.19. The molecule has 0 saturated carbocycles. The summed E-state index contributed by atoms with van der Waals surface area (Å²) in [4.78, 5) is 8.81. The number of rotatable bonds is 5. The summed E-state index contributed by atoms with van der Waals surface area (Å²) in [6.07, 6.45) is 1.09. The van der Waals surface area contributed by atoms with E-state index < -0.39 is 0 Å². The SMILES string of the molecule is Cc1ccc(CC(C)NC(C)c2nc(C)sc2C)s1. The van der Waals surface area contributed by atoms with Crippen molar-refractivity contribution in [3.8, 4) is 0 Å². The van der Waals surface area contributed by atoms with Crippen LogP contribution in [0.15, 0.2) is 12.1 Å². The Hall–Kier alpha value is -0.710. The molecule has 2 heterocycles. The minimum atomic E-state index is 0.320. The summed E-state index contributed by atoms with van der Waals surface area (Å²) in [6, 6.07) is 5.22. The predicted molar refractivity (Wildman–Crippen MR) is 85.4 cm³/mol. The molecule has 2 aromatic heterocycles. The average Bonchev–Trinajstić information content (AvgIpc) is 2.84. The van der Waals surface area contributed by atoms with Crippen LogP contribution in [0.1, 0.15) is 45.2 Å². The molecular weight excluding hydrogens is 272 g/mol. The van der Waals surface area contributed by atoms with Gasteiger partial charge in [-0.3, -0.25) is 0 Å². The third-order valence-corrected chi connectivity index (χ3v) is 5.11. The first kappa shape index (κ1) is 14.7. The quantitative estimate of drug-likeness (QED) is 0.883. The van der Waals surface area contributed by atoms with Crippen LogP contribution in [0.4, 0.5) is 0 Å². The van der Waals surface area contributed by atoms with Crippen molar-refractivity contribution >= 4 is 22.7 Å². The van der Waals surface area contributed by atoms with Crippen molar-refractivity contribution in [1.29, 1.82) is 0 Å². The number of aromatic nitrogens is 1. The zero-order chi connectivity index (χ0) is 14.0. The lowest BCUT2D eigenvalue weighted by Crippen LogP contribution is -2.31. The maximum atomic E-state index is 4.63. The first-order valence-corrected chi connectivity index (χ1v) is 8.34. The zero-order valence-electron chi connectivity index (χ0n) is 12.3. The van der Waals surface area contributed by atoms with Gasteiger partial charge in [-0.2, -0.15) is 0 Å². The minimum Gasteiger partial charge on any atom is -0.306 e. The Bertz CT molecular complexity index is 542. The normalized spacial score (nSPS) is 14.6. The molecule has 0 saturated heterocycles. The molecule has 19 heavy (non-hydrogen) atoms. The molecule has 1 N–H and O–H groups in total. The van der Waals surface area contributed by atoms with Gasteiger partial charge in [-0.25, -0.2) is 4.98 Å². The molecule has 0 spiro atoms. The van der Waals surface area contributed by atoms with Crippen LogP contribution >= 0.6 is 22.7 Å². The molecule has 2 aromatic rings. The van der Waals surface area contributed by atoms with E-state index in [1.807, 2.05) is 11.3 Å². The van der Waals surface area contributed by atoms with Crippen LogP contribution < -0.4 is 5.32 Å². The largest absolute Gasteiger partial charge is 0.306 e. The van der Waals surface area contributed by atoms with Gasteiger partial charge in [0.25, 0.3) is 0 Å². The number of nitrogens with one attached hydrogen (secondary N) is 1. The Balaban J connectivity index is 1.95. The molecule has 0 aromatic carbocycles. The monoisotopic (exact) mass is 294 g/mol. The number of hydrogen-bond donors (Lipinski definition) is 1. The highest BCUT2D eigenvalue weighted by Crippen LogP contribution is 2.23. The van der Waals surface area contributed by atoms with Crippen LogP contribution in [0.2, 0.25) is 0 Å². The van der Waals surface area contributed by atoms with E-state index in [-0.39, 0.29) is 0 Å². The highest BCUT2D eigenvalue weighted by atomic mass is 32.1. The topological polar surface area (TPSA) is 24.9 Å². The molecule has 104 valence electrons. The van der Waals surface area contributed by atoms with Crippen molar-refractivity contribution in [2.75, 3.05) is 0 Å². The Kier molecular flexibility index (Phi) is 4.76. The molecule has 0 bridgehead atoms. The van der Waals surface area contributed by atoms with Crippen LogP contribution in [0.3, 0.4) is 0 Å². The van der Waals surface area contributed by atoms with E-state index in [9.17, 15) is 0 Å². The number of thiazole rings is 1. The van der Waals surface area contributed by atoms with E-state index in [1.165, 1.54) is 20.3 Å². The fourth-order valence-electron chi connectivity index (χ4n) is 2.41. The summed E-state index contributed by atoms with van der Waals surface area (Å²) in [6.45, 7) is 10.9. The van der Waals surface area contributed by atoms with E-state index in [2.05, 4.69) is 57.1 Å². The summed E-state index contributed by atoms with van der Waals surface area (Å²) in [5.74, 6) is 0. The van der Waals surface area contributed by atoms with Crippen LogP contribution in [-0.2, 0) is 6.42 Å². The second-order valence-corrected chi connectivity index (χ2v) is 7.96. The Morgan fingerprint density at radius 1 is 1.16 bits per heavy atom. The number of thiophene rings is 1. The lowest BCUT2D eigenvalue weighted by Gasteiger charge is -2.19. The van der Waals surface area contributed by atoms with Gasteiger partial charge in [-0.1, -0.05) is 0 Å². The van der Waals surface area contributed by atoms with E-state index in [4.69, 9.17) is 0 Å². The van der Waals surface area contributed by atoms with Gasteiger partial charge >= 0.3 is 0 Å². The standard InChI is InChI=1S/C15H22N2S2/c1-9(8-14-7-6-10(2)18-14)16-11(3)15-12(4)19-13(5)17-15/h6-7,9,11,16H,8H2,1-5H3. The van der Waals surface area contributed by atoms with E-state index in [1.54, 1.807) is 11.3 Å². The Morgan fingerprint density at radius 3 is 2.42 bits per heavy atom. The van der Waals surface area contributed by atoms with Crippen LogP contribution in [-0.4, -0.2) is 11.0 Å². The summed E-state index contributed by atoms with van der Waals surface area (Å²) in [5, 5.41) is 4.81. The number of nitrogens with zero attached hydrogens (tertiary/aromatic N) is 1. The molecule has 2 atom stereocenters. The smallest absolute Gasteiger partial charge is 0.0900 e. The van der Waals surface area contributed by atoms with Gasteiger partial charge in [0.2, 0.25) is 0 Å². The van der Waals surface area contributed by atoms with Gasteiger partial charge < -0.3 is 5.32 Å². The fourth-order valence-corrected chi connectivity index (χ4v) is 4.34. The zero-order valence-corrected chi connectivity index (χ0v) is 13.9. The maximum absolute atomic E-state index is 4.63. The van der Waals surface area contributed by atoms with E-state index in [0.717, 1.165) is 11.4 Å². The molecule has 2 rings (SSSR count). The highest BCUT2D eigenvalue weighted by Gasteiger charge is 2.15. The van der Waals surface area contributed by atoms with Crippen molar-refractivity contribution in [3.63, 3.8) is 0 Å². The highest BCUT2D eigenvalue weighted by molar-refractivity contribution is 7.12. The molecule has 0 aliphatic carbocycles.